The van der Waals surface area contributed by atoms with Gasteiger partial charge in [-0.1, -0.05) is 75.5 Å². The molecule has 0 saturated heterocycles. The highest BCUT2D eigenvalue weighted by Crippen LogP contribution is 2.40. The average Bonchev–Trinajstić information content (AvgIpc) is 3.26. The van der Waals surface area contributed by atoms with Crippen molar-refractivity contribution in [2.45, 2.75) is 54.0 Å². The number of rotatable bonds is 5. The molecule has 0 aliphatic carbocycles. The number of carbonyl (C=O) groups is 1. The average molecular weight is 509 g/mol. The van der Waals surface area contributed by atoms with Gasteiger partial charge in [0.25, 0.3) is 0 Å². The SMILES string of the molecule is C#C.C/C=C(\C=C/CNC)c1cc(Cl)c(Cl)c2[nH]c3c(c12)CN(C(=O)CO)CC3.CC.CCC. The quantitative estimate of drug-likeness (QED) is 0.332. The van der Waals surface area contributed by atoms with Gasteiger partial charge < -0.3 is 20.3 Å². The van der Waals surface area contributed by atoms with Gasteiger partial charge in [0.05, 0.1) is 15.6 Å². The Morgan fingerprint density at radius 3 is 2.44 bits per heavy atom. The summed E-state index contributed by atoms with van der Waals surface area (Å²) < 4.78 is 0. The van der Waals surface area contributed by atoms with E-state index in [9.17, 15) is 9.90 Å². The Bertz CT molecular complexity index is 991. The number of nitrogens with one attached hydrogen (secondary N) is 2. The van der Waals surface area contributed by atoms with Crippen LogP contribution in [-0.2, 0) is 17.8 Å². The minimum Gasteiger partial charge on any atom is -0.387 e. The summed E-state index contributed by atoms with van der Waals surface area (Å²) in [4.78, 5) is 17.1. The van der Waals surface area contributed by atoms with Crippen LogP contribution in [0.2, 0.25) is 10.0 Å². The molecule has 3 rings (SSSR count). The fraction of sp³-hybridized carbons (Fsp3) is 0.444. The molecule has 0 saturated carbocycles. The molecule has 1 aliphatic heterocycles. The summed E-state index contributed by atoms with van der Waals surface area (Å²) >= 11 is 12.9. The molecule has 1 aromatic heterocycles. The van der Waals surface area contributed by atoms with E-state index in [2.05, 4.69) is 37.0 Å². The summed E-state index contributed by atoms with van der Waals surface area (Å²) in [7, 11) is 1.90. The van der Waals surface area contributed by atoms with Crippen LogP contribution in [0.15, 0.2) is 24.3 Å². The first-order valence-electron chi connectivity index (χ1n) is 11.6. The number of H-pyrrole nitrogens is 1. The van der Waals surface area contributed by atoms with E-state index < -0.39 is 6.61 Å². The van der Waals surface area contributed by atoms with Crippen LogP contribution in [0.25, 0.3) is 16.5 Å². The summed E-state index contributed by atoms with van der Waals surface area (Å²) in [6.07, 6.45) is 16.1. The van der Waals surface area contributed by atoms with E-state index in [-0.39, 0.29) is 5.91 Å². The minimum absolute atomic E-state index is 0.267. The maximum absolute atomic E-state index is 12.0. The molecular weight excluding hydrogens is 469 g/mol. The van der Waals surface area contributed by atoms with E-state index in [1.54, 1.807) is 4.90 Å². The van der Waals surface area contributed by atoms with E-state index in [1.807, 2.05) is 52.1 Å². The summed E-state index contributed by atoms with van der Waals surface area (Å²) in [5, 5.41) is 14.3. The van der Waals surface area contributed by atoms with Crippen molar-refractivity contribution >= 4 is 45.6 Å². The number of aliphatic hydroxyl groups is 1. The van der Waals surface area contributed by atoms with Gasteiger partial charge in [0, 0.05) is 42.7 Å². The van der Waals surface area contributed by atoms with Crippen molar-refractivity contribution in [2.24, 2.45) is 0 Å². The monoisotopic (exact) mass is 507 g/mol. The maximum Gasteiger partial charge on any atom is 0.248 e. The number of aromatic amines is 1. The number of nitrogens with zero attached hydrogens (tertiary/aromatic N) is 1. The molecule has 0 fully saturated rings. The number of allylic oxidation sites excluding steroid dienone is 3. The van der Waals surface area contributed by atoms with Gasteiger partial charge in [0.2, 0.25) is 5.91 Å². The second-order valence-corrected chi connectivity index (χ2v) is 7.97. The van der Waals surface area contributed by atoms with Crippen molar-refractivity contribution in [3.8, 4) is 12.8 Å². The van der Waals surface area contributed by atoms with Crippen molar-refractivity contribution < 1.29 is 9.90 Å². The Morgan fingerprint density at radius 1 is 1.29 bits per heavy atom. The predicted octanol–water partition coefficient (Wildman–Crippen LogP) is 6.22. The molecular formula is C27H39Cl2N3O2. The highest BCUT2D eigenvalue weighted by atomic mass is 35.5. The van der Waals surface area contributed by atoms with Crippen molar-refractivity contribution in [2.75, 3.05) is 26.7 Å². The van der Waals surface area contributed by atoms with E-state index in [4.69, 9.17) is 23.2 Å². The molecule has 34 heavy (non-hydrogen) atoms. The Kier molecular flexibility index (Phi) is 16.1. The summed E-state index contributed by atoms with van der Waals surface area (Å²) in [6.45, 7) is 11.5. The van der Waals surface area contributed by atoms with Crippen LogP contribution in [0.4, 0.5) is 0 Å². The van der Waals surface area contributed by atoms with Gasteiger partial charge in [-0.25, -0.2) is 0 Å². The third kappa shape index (κ3) is 7.92. The predicted molar refractivity (Wildman–Crippen MR) is 148 cm³/mol. The topological polar surface area (TPSA) is 68.4 Å². The number of hydrogen-bond donors (Lipinski definition) is 3. The molecule has 0 atom stereocenters. The van der Waals surface area contributed by atoms with Crippen molar-refractivity contribution in [3.05, 3.63) is 51.2 Å². The second kappa shape index (κ2) is 17.2. The van der Waals surface area contributed by atoms with Gasteiger partial charge in [-0.05, 0) is 31.2 Å². The standard InChI is InChI=1S/C20H23Cl2N3O2.C3H8.C2H6.C2H2/c1-3-12(5-4-7-23-2)13-9-15(21)19(22)20-18(13)14-10-25(17(27)11-26)8-6-16(14)24-20;1-3-2;2*1-2/h3-5,9,23-24,26H,6-8,10-11H2,1-2H3;3H2,1-2H3;1-2H3;1-2H/b5-4-,12-3+;;;. The van der Waals surface area contributed by atoms with Gasteiger partial charge >= 0.3 is 0 Å². The summed E-state index contributed by atoms with van der Waals surface area (Å²) in [5.41, 5.74) is 4.90. The fourth-order valence-electron chi connectivity index (χ4n) is 3.52. The van der Waals surface area contributed by atoms with E-state index in [1.165, 1.54) is 6.42 Å². The zero-order valence-electron chi connectivity index (χ0n) is 21.3. The zero-order valence-corrected chi connectivity index (χ0v) is 22.8. The zero-order chi connectivity index (χ0) is 26.3. The molecule has 5 nitrogen and oxygen atoms in total. The minimum atomic E-state index is -0.482. The van der Waals surface area contributed by atoms with Crippen molar-refractivity contribution in [1.29, 1.82) is 0 Å². The molecule has 188 valence electrons. The third-order valence-corrected chi connectivity index (χ3v) is 5.66. The molecule has 0 unspecified atom stereocenters. The first-order valence-corrected chi connectivity index (χ1v) is 12.4. The third-order valence-electron chi connectivity index (χ3n) is 4.87. The molecule has 2 aromatic rings. The van der Waals surface area contributed by atoms with E-state index in [0.29, 0.717) is 29.6 Å². The molecule has 0 radical (unpaired) electrons. The number of likely N-dealkylation sites (N-methyl/N-ethyl adjacent to an activating group) is 1. The normalized spacial score (nSPS) is 12.7. The lowest BCUT2D eigenvalue weighted by molar-refractivity contribution is -0.135. The van der Waals surface area contributed by atoms with Crippen LogP contribution < -0.4 is 5.32 Å². The Morgan fingerprint density at radius 2 is 1.91 bits per heavy atom. The van der Waals surface area contributed by atoms with E-state index >= 15 is 0 Å². The maximum atomic E-state index is 12.0. The molecule has 7 heteroatoms. The lowest BCUT2D eigenvalue weighted by atomic mass is 9.95. The van der Waals surface area contributed by atoms with Gasteiger partial charge in [-0.15, -0.1) is 12.8 Å². The Labute approximate surface area is 215 Å². The number of aromatic nitrogens is 1. The largest absolute Gasteiger partial charge is 0.387 e. The first-order chi connectivity index (χ1) is 16.4. The number of aliphatic hydroxyl groups excluding tert-OH is 1. The Balaban J connectivity index is 0.00000141. The van der Waals surface area contributed by atoms with Crippen LogP contribution in [0.1, 0.15) is 57.9 Å². The number of amides is 1. The van der Waals surface area contributed by atoms with Crippen molar-refractivity contribution in [1.82, 2.24) is 15.2 Å². The van der Waals surface area contributed by atoms with E-state index in [0.717, 1.165) is 39.8 Å². The molecule has 3 N–H and O–H groups in total. The second-order valence-electron chi connectivity index (χ2n) is 7.19. The number of hydrogen-bond acceptors (Lipinski definition) is 3. The lowest BCUT2D eigenvalue weighted by Crippen LogP contribution is -2.37. The van der Waals surface area contributed by atoms with Crippen LogP contribution in [0.3, 0.4) is 0 Å². The number of carbonyl (C=O) groups excluding carboxylic acids is 1. The van der Waals surface area contributed by atoms with Gasteiger partial charge in [0.1, 0.15) is 6.61 Å². The van der Waals surface area contributed by atoms with Crippen LogP contribution >= 0.6 is 23.2 Å². The number of fused-ring (bicyclic) bond motifs is 3. The molecule has 1 aromatic carbocycles. The Hall–Kier alpha value is -2.23. The van der Waals surface area contributed by atoms with Crippen LogP contribution in [0.5, 0.6) is 0 Å². The molecule has 1 aliphatic rings. The first kappa shape index (κ1) is 31.8. The number of benzene rings is 1. The van der Waals surface area contributed by atoms with Crippen LogP contribution in [0, 0.1) is 12.8 Å². The van der Waals surface area contributed by atoms with Gasteiger partial charge in [-0.3, -0.25) is 4.79 Å². The van der Waals surface area contributed by atoms with Gasteiger partial charge in [0.15, 0.2) is 0 Å². The highest BCUT2D eigenvalue weighted by molar-refractivity contribution is 6.45. The van der Waals surface area contributed by atoms with Gasteiger partial charge in [-0.2, -0.15) is 0 Å². The molecule has 2 heterocycles. The smallest absolute Gasteiger partial charge is 0.248 e. The molecule has 0 spiro atoms. The summed E-state index contributed by atoms with van der Waals surface area (Å²) in [6, 6.07) is 1.88. The van der Waals surface area contributed by atoms with Crippen LogP contribution in [-0.4, -0.2) is 47.6 Å². The molecule has 1 amide bonds. The van der Waals surface area contributed by atoms with Crippen molar-refractivity contribution in [3.63, 3.8) is 0 Å². The number of halogens is 2. The molecule has 0 bridgehead atoms. The summed E-state index contributed by atoms with van der Waals surface area (Å²) in [5.74, 6) is -0.267. The highest BCUT2D eigenvalue weighted by Gasteiger charge is 2.26. The lowest BCUT2D eigenvalue weighted by Gasteiger charge is -2.27. The number of terminal acetylenes is 1. The fourth-order valence-corrected chi connectivity index (χ4v) is 3.92.